The summed E-state index contributed by atoms with van der Waals surface area (Å²) in [7, 11) is 0. The zero-order valence-electron chi connectivity index (χ0n) is 37.8. The van der Waals surface area contributed by atoms with Crippen LogP contribution in [0.2, 0.25) is 0 Å². The summed E-state index contributed by atoms with van der Waals surface area (Å²) in [6, 6.07) is 99.2. The van der Waals surface area contributed by atoms with Gasteiger partial charge in [-0.05, 0) is 121 Å². The number of fused-ring (bicyclic) bond motifs is 6. The molecule has 69 heavy (non-hydrogen) atoms. The van der Waals surface area contributed by atoms with Crippen molar-refractivity contribution in [1.82, 2.24) is 0 Å². The van der Waals surface area contributed by atoms with Gasteiger partial charge in [0.25, 0.3) is 0 Å². The van der Waals surface area contributed by atoms with E-state index in [0.717, 1.165) is 61.3 Å². The van der Waals surface area contributed by atoms with E-state index >= 15 is 0 Å². The maximum absolute atomic E-state index is 6.57. The first-order valence-electron chi connectivity index (χ1n) is 23.7. The number of hydrogen-bond acceptors (Lipinski definition) is 2. The van der Waals surface area contributed by atoms with Gasteiger partial charge in [-0.2, -0.15) is 0 Å². The van der Waals surface area contributed by atoms with Crippen molar-refractivity contribution in [3.8, 4) is 55.6 Å². The van der Waals surface area contributed by atoms with Crippen molar-refractivity contribution in [3.63, 3.8) is 0 Å². The summed E-state index contributed by atoms with van der Waals surface area (Å²) in [5, 5.41) is 2.23. The van der Waals surface area contributed by atoms with Crippen LogP contribution in [0.5, 0.6) is 0 Å². The Balaban J connectivity index is 0.982. The predicted octanol–water partition coefficient (Wildman–Crippen LogP) is 18.1. The Morgan fingerprint density at radius 1 is 0.275 bits per heavy atom. The molecule has 0 spiro atoms. The fraction of sp³-hybridized carbons (Fsp3) is 0.0149. The van der Waals surface area contributed by atoms with E-state index in [1.54, 1.807) is 0 Å². The van der Waals surface area contributed by atoms with Crippen LogP contribution >= 0.6 is 0 Å². The molecule has 2 heteroatoms. The highest BCUT2D eigenvalue weighted by atomic mass is 16.3. The monoisotopic (exact) mass is 879 g/mol. The second-order valence-corrected chi connectivity index (χ2v) is 18.0. The van der Waals surface area contributed by atoms with Crippen molar-refractivity contribution >= 4 is 39.0 Å². The van der Waals surface area contributed by atoms with Gasteiger partial charge in [0.1, 0.15) is 11.2 Å². The average Bonchev–Trinajstić information content (AvgIpc) is 3.96. The predicted molar refractivity (Wildman–Crippen MR) is 287 cm³/mol. The molecule has 0 aliphatic heterocycles. The maximum atomic E-state index is 6.57. The Morgan fingerprint density at radius 3 is 1.42 bits per heavy atom. The molecule has 0 saturated heterocycles. The van der Waals surface area contributed by atoms with E-state index in [1.165, 1.54) is 55.6 Å². The van der Waals surface area contributed by atoms with E-state index in [0.29, 0.717) is 0 Å². The van der Waals surface area contributed by atoms with Crippen molar-refractivity contribution in [2.24, 2.45) is 0 Å². The molecule has 2 nitrogen and oxygen atoms in total. The van der Waals surface area contributed by atoms with Gasteiger partial charge in [-0.3, -0.25) is 0 Å². The Labute approximate surface area is 402 Å². The third-order valence-corrected chi connectivity index (χ3v) is 14.2. The van der Waals surface area contributed by atoms with Crippen molar-refractivity contribution in [2.45, 2.75) is 5.41 Å². The zero-order chi connectivity index (χ0) is 45.7. The molecular weight excluding hydrogens is 835 g/mol. The van der Waals surface area contributed by atoms with Crippen LogP contribution in [-0.4, -0.2) is 0 Å². The first kappa shape index (κ1) is 40.3. The first-order chi connectivity index (χ1) is 34.2. The fourth-order valence-electron chi connectivity index (χ4n) is 11.0. The number of para-hydroxylation sites is 1. The van der Waals surface area contributed by atoms with Crippen LogP contribution in [0, 0.1) is 0 Å². The molecule has 0 saturated carbocycles. The summed E-state index contributed by atoms with van der Waals surface area (Å²) in [6.07, 6.45) is 0. The van der Waals surface area contributed by atoms with E-state index in [-0.39, 0.29) is 0 Å². The van der Waals surface area contributed by atoms with Crippen molar-refractivity contribution < 1.29 is 4.42 Å². The number of furan rings is 1. The highest BCUT2D eigenvalue weighted by Gasteiger charge is 2.46. The highest BCUT2D eigenvalue weighted by Crippen LogP contribution is 2.57. The summed E-state index contributed by atoms with van der Waals surface area (Å²) in [5.41, 5.74) is 21.3. The van der Waals surface area contributed by atoms with Crippen LogP contribution in [-0.2, 0) is 5.41 Å². The summed E-state index contributed by atoms with van der Waals surface area (Å²) in [5.74, 6) is 0. The lowest BCUT2D eigenvalue weighted by molar-refractivity contribution is 0.670. The molecule has 0 fully saturated rings. The molecule has 0 radical (unpaired) electrons. The highest BCUT2D eigenvalue weighted by molar-refractivity contribution is 6.10. The molecule has 0 unspecified atom stereocenters. The van der Waals surface area contributed by atoms with Gasteiger partial charge in [0.15, 0.2) is 0 Å². The molecule has 0 bridgehead atoms. The third kappa shape index (κ3) is 6.72. The first-order valence-corrected chi connectivity index (χ1v) is 23.7. The maximum Gasteiger partial charge on any atom is 0.143 e. The molecule has 1 aliphatic rings. The molecule has 1 aromatic heterocycles. The van der Waals surface area contributed by atoms with Gasteiger partial charge in [0, 0.05) is 33.4 Å². The smallest absolute Gasteiger partial charge is 0.143 e. The number of anilines is 3. The molecule has 324 valence electrons. The molecule has 12 aromatic rings. The molecule has 0 N–H and O–H groups in total. The third-order valence-electron chi connectivity index (χ3n) is 14.2. The lowest BCUT2D eigenvalue weighted by Crippen LogP contribution is -2.28. The molecule has 13 rings (SSSR count). The second-order valence-electron chi connectivity index (χ2n) is 18.0. The topological polar surface area (TPSA) is 16.4 Å². The Bertz CT molecular complexity index is 3760. The van der Waals surface area contributed by atoms with Crippen molar-refractivity contribution in [3.05, 3.63) is 295 Å². The van der Waals surface area contributed by atoms with Crippen molar-refractivity contribution in [1.29, 1.82) is 0 Å². The Morgan fingerprint density at radius 2 is 0.768 bits per heavy atom. The summed E-state index contributed by atoms with van der Waals surface area (Å²) in [4.78, 5) is 2.43. The largest absolute Gasteiger partial charge is 0.455 e. The minimum absolute atomic E-state index is 0.484. The van der Waals surface area contributed by atoms with Crippen LogP contribution in [0.4, 0.5) is 17.1 Å². The molecule has 1 heterocycles. The molecule has 0 atom stereocenters. The van der Waals surface area contributed by atoms with Gasteiger partial charge in [-0.15, -0.1) is 0 Å². The number of hydrogen-bond donors (Lipinski definition) is 0. The number of benzene rings is 11. The van der Waals surface area contributed by atoms with Crippen LogP contribution < -0.4 is 4.90 Å². The van der Waals surface area contributed by atoms with Crippen LogP contribution in [0.15, 0.2) is 277 Å². The summed E-state index contributed by atoms with van der Waals surface area (Å²) < 4.78 is 6.57. The standard InChI is InChI=1S/C67H45NO/c1-6-19-47(20-7-1)56-40-38-54(44-60(56)49-23-10-3-11-24-49)68(53-36-33-46(34-37-53)50-35-42-65-62(43-50)59-31-18-30-57(66(59)69-65)48-21-8-2-9-22-48)55-39-41-64-61(45-55)58-29-16-17-32-63(58)67(64,51-25-12-4-13-26-51)52-27-14-5-15-28-52/h1-45H. The van der Waals surface area contributed by atoms with Crippen LogP contribution in [0.1, 0.15) is 22.3 Å². The number of nitrogens with zero attached hydrogens (tertiary/aromatic N) is 1. The lowest BCUT2D eigenvalue weighted by Gasteiger charge is -2.34. The van der Waals surface area contributed by atoms with Gasteiger partial charge in [-0.1, -0.05) is 224 Å². The SMILES string of the molecule is c1ccc(-c2ccc(N(c3ccc(-c4ccc5oc6c(-c7ccccc7)cccc6c5c4)cc3)c3ccc4c(c3)-c3ccccc3C4(c3ccccc3)c3ccccc3)cc2-c2ccccc2)cc1. The van der Waals surface area contributed by atoms with Gasteiger partial charge < -0.3 is 9.32 Å². The van der Waals surface area contributed by atoms with Crippen LogP contribution in [0.3, 0.4) is 0 Å². The normalized spacial score (nSPS) is 12.5. The van der Waals surface area contributed by atoms with Crippen molar-refractivity contribution in [2.75, 3.05) is 4.90 Å². The lowest BCUT2D eigenvalue weighted by atomic mass is 9.68. The van der Waals surface area contributed by atoms with E-state index in [2.05, 4.69) is 278 Å². The van der Waals surface area contributed by atoms with E-state index in [9.17, 15) is 0 Å². The second kappa shape index (κ2) is 16.7. The van der Waals surface area contributed by atoms with E-state index < -0.39 is 5.41 Å². The fourth-order valence-corrected chi connectivity index (χ4v) is 11.0. The van der Waals surface area contributed by atoms with Gasteiger partial charge in [0.2, 0.25) is 0 Å². The van der Waals surface area contributed by atoms with Gasteiger partial charge in [0.05, 0.1) is 5.41 Å². The van der Waals surface area contributed by atoms with Gasteiger partial charge >= 0.3 is 0 Å². The summed E-state index contributed by atoms with van der Waals surface area (Å²) in [6.45, 7) is 0. The molecular formula is C67H45NO. The zero-order valence-corrected chi connectivity index (χ0v) is 37.8. The van der Waals surface area contributed by atoms with E-state index in [1.807, 2.05) is 0 Å². The molecule has 1 aliphatic carbocycles. The minimum atomic E-state index is -0.484. The minimum Gasteiger partial charge on any atom is -0.455 e. The van der Waals surface area contributed by atoms with E-state index in [4.69, 9.17) is 4.42 Å². The van der Waals surface area contributed by atoms with Crippen LogP contribution in [0.25, 0.3) is 77.6 Å². The summed E-state index contributed by atoms with van der Waals surface area (Å²) >= 11 is 0. The average molecular weight is 880 g/mol. The van der Waals surface area contributed by atoms with Gasteiger partial charge in [-0.25, -0.2) is 0 Å². The molecule has 0 amide bonds. The Hall–Kier alpha value is -8.98. The Kier molecular flexibility index (Phi) is 9.77. The molecule has 11 aromatic carbocycles. The number of rotatable bonds is 9. The quantitative estimate of drug-likeness (QED) is 0.144.